The minimum absolute atomic E-state index is 0.00894. The van der Waals surface area contributed by atoms with Crippen LogP contribution in [0.15, 0.2) is 82.6 Å². The van der Waals surface area contributed by atoms with Crippen LogP contribution in [0, 0.1) is 27.7 Å². The first-order valence-electron chi connectivity index (χ1n) is 12.1. The summed E-state index contributed by atoms with van der Waals surface area (Å²) in [6.07, 6.45) is 0. The molecule has 0 heterocycles. The number of aryl methyl sites for hydroxylation is 4. The van der Waals surface area contributed by atoms with E-state index in [0.29, 0.717) is 11.5 Å². The fourth-order valence-electron chi connectivity index (χ4n) is 4.19. The smallest absolute Gasteiger partial charge is 0.206 e. The molecule has 0 saturated heterocycles. The number of aromatic hydroxyl groups is 4. The lowest BCUT2D eigenvalue weighted by Crippen LogP contribution is -2.19. The number of benzene rings is 4. The van der Waals surface area contributed by atoms with Crippen molar-refractivity contribution in [2.45, 2.75) is 56.7 Å². The highest BCUT2D eigenvalue weighted by molar-refractivity contribution is 7.91. The third-order valence-corrected chi connectivity index (χ3v) is 8.51. The molecule has 0 saturated carbocycles. The SMILES string of the molecule is Cc1cc(C(C)(C)c2cc(C)c(O)c(C)c2)cc(C)c1O.O=S(=O)(c1ccc(O)cc1)c1ccc(O)cc1. The van der Waals surface area contributed by atoms with Crippen molar-refractivity contribution < 1.29 is 28.8 Å². The highest BCUT2D eigenvalue weighted by atomic mass is 32.2. The van der Waals surface area contributed by atoms with E-state index in [1.807, 2.05) is 52.0 Å². The molecule has 7 heteroatoms. The van der Waals surface area contributed by atoms with Crippen LogP contribution in [0.2, 0.25) is 0 Å². The molecule has 4 aromatic carbocycles. The van der Waals surface area contributed by atoms with Crippen LogP contribution in [0.3, 0.4) is 0 Å². The van der Waals surface area contributed by atoms with Crippen molar-refractivity contribution in [2.75, 3.05) is 0 Å². The summed E-state index contributed by atoms with van der Waals surface area (Å²) in [4.78, 5) is 0.196. The molecule has 0 aliphatic carbocycles. The average molecular weight is 535 g/mol. The van der Waals surface area contributed by atoms with Gasteiger partial charge in [0, 0.05) is 5.41 Å². The van der Waals surface area contributed by atoms with E-state index in [9.17, 15) is 18.6 Å². The van der Waals surface area contributed by atoms with Gasteiger partial charge in [0.15, 0.2) is 0 Å². The Morgan fingerprint density at radius 1 is 0.526 bits per heavy atom. The molecular weight excluding hydrogens is 500 g/mol. The van der Waals surface area contributed by atoms with Gasteiger partial charge in [0.2, 0.25) is 9.84 Å². The fourth-order valence-corrected chi connectivity index (χ4v) is 5.45. The highest BCUT2D eigenvalue weighted by Gasteiger charge is 2.25. The van der Waals surface area contributed by atoms with E-state index in [4.69, 9.17) is 10.2 Å². The molecule has 0 radical (unpaired) electrons. The molecule has 38 heavy (non-hydrogen) atoms. The number of sulfone groups is 1. The lowest BCUT2D eigenvalue weighted by atomic mass is 9.76. The largest absolute Gasteiger partial charge is 0.508 e. The minimum atomic E-state index is -3.59. The summed E-state index contributed by atoms with van der Waals surface area (Å²) in [5.41, 5.74) is 5.72. The molecule has 4 rings (SSSR count). The van der Waals surface area contributed by atoms with Crippen LogP contribution >= 0.6 is 0 Å². The Hall–Kier alpha value is -3.97. The third-order valence-electron chi connectivity index (χ3n) is 6.72. The van der Waals surface area contributed by atoms with Gasteiger partial charge < -0.3 is 20.4 Å². The van der Waals surface area contributed by atoms with Crippen molar-refractivity contribution in [3.8, 4) is 23.0 Å². The monoisotopic (exact) mass is 534 g/mol. The summed E-state index contributed by atoms with van der Waals surface area (Å²) in [7, 11) is -3.59. The summed E-state index contributed by atoms with van der Waals surface area (Å²) < 4.78 is 24.2. The van der Waals surface area contributed by atoms with Crippen LogP contribution in [0.4, 0.5) is 0 Å². The molecule has 0 aliphatic heterocycles. The Morgan fingerprint density at radius 3 is 1.05 bits per heavy atom. The van der Waals surface area contributed by atoms with Gasteiger partial charge in [0.1, 0.15) is 23.0 Å². The van der Waals surface area contributed by atoms with Crippen molar-refractivity contribution in [3.63, 3.8) is 0 Å². The van der Waals surface area contributed by atoms with Gasteiger partial charge in [-0.25, -0.2) is 8.42 Å². The van der Waals surface area contributed by atoms with Crippen LogP contribution in [0.25, 0.3) is 0 Å². The summed E-state index contributed by atoms with van der Waals surface area (Å²) in [6.45, 7) is 12.0. The normalized spacial score (nSPS) is 11.5. The molecule has 4 aromatic rings. The predicted octanol–water partition coefficient (Wildman–Crippen LogP) is 6.59. The van der Waals surface area contributed by atoms with Crippen LogP contribution in [0.1, 0.15) is 47.2 Å². The molecule has 0 unspecified atom stereocenters. The average Bonchev–Trinajstić information content (AvgIpc) is 2.86. The molecule has 4 N–H and O–H groups in total. The number of phenolic OH excluding ortho intramolecular Hbond substituents is 4. The van der Waals surface area contributed by atoms with Crippen LogP contribution < -0.4 is 0 Å². The maximum absolute atomic E-state index is 12.1. The Balaban J connectivity index is 0.000000215. The molecular formula is C31H34O6S. The van der Waals surface area contributed by atoms with E-state index in [-0.39, 0.29) is 26.7 Å². The number of hydrogen-bond donors (Lipinski definition) is 4. The zero-order valence-corrected chi connectivity index (χ0v) is 23.3. The molecule has 0 spiro atoms. The molecule has 0 aromatic heterocycles. The predicted molar refractivity (Wildman–Crippen MR) is 149 cm³/mol. The number of hydrogen-bond acceptors (Lipinski definition) is 6. The first-order valence-corrected chi connectivity index (χ1v) is 13.6. The van der Waals surface area contributed by atoms with Gasteiger partial charge in [0.05, 0.1) is 9.79 Å². The van der Waals surface area contributed by atoms with Crippen molar-refractivity contribution in [3.05, 3.63) is 106 Å². The minimum Gasteiger partial charge on any atom is -0.508 e. The lowest BCUT2D eigenvalue weighted by Gasteiger charge is -2.28. The van der Waals surface area contributed by atoms with E-state index in [1.165, 1.54) is 59.7 Å². The van der Waals surface area contributed by atoms with Gasteiger partial charge in [-0.2, -0.15) is 0 Å². The van der Waals surface area contributed by atoms with Crippen LogP contribution in [-0.2, 0) is 15.3 Å². The van der Waals surface area contributed by atoms with Gasteiger partial charge in [-0.1, -0.05) is 38.1 Å². The van der Waals surface area contributed by atoms with Gasteiger partial charge in [0.25, 0.3) is 0 Å². The lowest BCUT2D eigenvalue weighted by molar-refractivity contribution is 0.465. The standard InChI is InChI=1S/C19H24O2.C12H10O4S/c1-11-7-15(8-12(2)17(11)20)19(5,6)16-9-13(3)18(21)14(4)10-16;13-9-1-5-11(6-2-9)17(15,16)12-7-3-10(14)4-8-12/h7-10,20-21H,1-6H3;1-8,13-14H. The first-order chi connectivity index (χ1) is 17.6. The van der Waals surface area contributed by atoms with Crippen molar-refractivity contribution >= 4 is 9.84 Å². The van der Waals surface area contributed by atoms with Crippen molar-refractivity contribution in [1.82, 2.24) is 0 Å². The molecule has 0 amide bonds. The zero-order valence-electron chi connectivity index (χ0n) is 22.4. The summed E-state index contributed by atoms with van der Waals surface area (Å²) in [5.74, 6) is 0.754. The highest BCUT2D eigenvalue weighted by Crippen LogP contribution is 2.37. The second-order valence-corrected chi connectivity index (χ2v) is 12.0. The Labute approximate surface area is 224 Å². The van der Waals surface area contributed by atoms with E-state index < -0.39 is 9.84 Å². The van der Waals surface area contributed by atoms with Gasteiger partial charge >= 0.3 is 0 Å². The van der Waals surface area contributed by atoms with E-state index in [0.717, 1.165) is 22.3 Å². The van der Waals surface area contributed by atoms with Crippen LogP contribution in [-0.4, -0.2) is 28.8 Å². The first kappa shape index (κ1) is 28.6. The molecule has 0 aliphatic rings. The molecule has 0 atom stereocenters. The molecule has 6 nitrogen and oxygen atoms in total. The van der Waals surface area contributed by atoms with Gasteiger partial charge in [-0.3, -0.25) is 0 Å². The summed E-state index contributed by atoms with van der Waals surface area (Å²) >= 11 is 0. The fraction of sp³-hybridized carbons (Fsp3) is 0.226. The topological polar surface area (TPSA) is 115 Å². The Kier molecular flexibility index (Phi) is 8.12. The second-order valence-electron chi connectivity index (χ2n) is 10.0. The summed E-state index contributed by atoms with van der Waals surface area (Å²) in [5, 5.41) is 38.1. The van der Waals surface area contributed by atoms with E-state index in [2.05, 4.69) is 13.8 Å². The molecule has 0 fully saturated rings. The van der Waals surface area contributed by atoms with Crippen molar-refractivity contribution in [2.24, 2.45) is 0 Å². The van der Waals surface area contributed by atoms with Crippen LogP contribution in [0.5, 0.6) is 23.0 Å². The maximum Gasteiger partial charge on any atom is 0.206 e. The van der Waals surface area contributed by atoms with Gasteiger partial charge in [-0.15, -0.1) is 0 Å². The molecule has 0 bridgehead atoms. The quantitative estimate of drug-likeness (QED) is 0.235. The Bertz CT molecular complexity index is 1390. The van der Waals surface area contributed by atoms with Crippen molar-refractivity contribution in [1.29, 1.82) is 0 Å². The second kappa shape index (κ2) is 10.8. The zero-order chi connectivity index (χ0) is 28.4. The summed E-state index contributed by atoms with van der Waals surface area (Å²) in [6, 6.07) is 18.7. The Morgan fingerprint density at radius 2 is 0.789 bits per heavy atom. The maximum atomic E-state index is 12.1. The van der Waals surface area contributed by atoms with E-state index >= 15 is 0 Å². The van der Waals surface area contributed by atoms with Gasteiger partial charge in [-0.05, 0) is 110 Å². The number of phenols is 4. The van der Waals surface area contributed by atoms with E-state index in [1.54, 1.807) is 0 Å². The number of rotatable bonds is 4. The molecule has 200 valence electrons. The third kappa shape index (κ3) is 5.94.